The van der Waals surface area contributed by atoms with E-state index in [1.807, 2.05) is 0 Å². The fourth-order valence-electron chi connectivity index (χ4n) is 4.03. The third-order valence-corrected chi connectivity index (χ3v) is 7.09. The highest BCUT2D eigenvalue weighted by atomic mass is 79.9. The molecule has 0 N–H and O–H groups in total. The molecule has 1 aromatic rings. The second-order valence-electron chi connectivity index (χ2n) is 7.45. The van der Waals surface area contributed by atoms with Crippen molar-refractivity contribution >= 4 is 15.9 Å². The van der Waals surface area contributed by atoms with Gasteiger partial charge in [0.05, 0.1) is 0 Å². The predicted octanol–water partition coefficient (Wildman–Crippen LogP) is 6.25. The lowest BCUT2D eigenvalue weighted by Crippen LogP contribution is -2.15. The van der Waals surface area contributed by atoms with Gasteiger partial charge in [0, 0.05) is 4.83 Å². The van der Waals surface area contributed by atoms with Gasteiger partial charge in [-0.1, -0.05) is 73.8 Å². The highest BCUT2D eigenvalue weighted by molar-refractivity contribution is 9.09. The maximum Gasteiger partial charge on any atom is 0.0429 e. The second-order valence-corrected chi connectivity index (χ2v) is 8.44. The molecular formula is C19H27Br. The molecule has 1 aromatic carbocycles. The van der Waals surface area contributed by atoms with Gasteiger partial charge in [-0.05, 0) is 53.6 Å². The molecular weight excluding hydrogens is 308 g/mol. The zero-order chi connectivity index (χ0) is 14.3. The number of rotatable bonds is 4. The number of alkyl halides is 1. The van der Waals surface area contributed by atoms with Gasteiger partial charge in [-0.2, -0.15) is 0 Å². The molecule has 1 heteroatoms. The zero-order valence-electron chi connectivity index (χ0n) is 13.0. The molecule has 0 heterocycles. The Hall–Kier alpha value is -0.300. The van der Waals surface area contributed by atoms with E-state index in [-0.39, 0.29) is 0 Å². The quantitative estimate of drug-likeness (QED) is 0.571. The van der Waals surface area contributed by atoms with E-state index in [0.29, 0.717) is 10.2 Å². The van der Waals surface area contributed by atoms with Gasteiger partial charge in [0.1, 0.15) is 0 Å². The summed E-state index contributed by atoms with van der Waals surface area (Å²) in [6.07, 6.45) is 7.05. The first-order valence-corrected chi connectivity index (χ1v) is 9.20. The fourth-order valence-corrected chi connectivity index (χ4v) is 5.12. The Morgan fingerprint density at radius 2 is 1.65 bits per heavy atom. The van der Waals surface area contributed by atoms with Gasteiger partial charge < -0.3 is 0 Å². The summed E-state index contributed by atoms with van der Waals surface area (Å²) in [5.74, 6) is 2.93. The lowest BCUT2D eigenvalue weighted by atomic mass is 9.82. The molecule has 0 bridgehead atoms. The highest BCUT2D eigenvalue weighted by Gasteiger charge is 2.53. The molecule has 0 aromatic heterocycles. The summed E-state index contributed by atoms with van der Waals surface area (Å²) in [6, 6.07) is 9.41. The third-order valence-electron chi connectivity index (χ3n) is 5.96. The van der Waals surface area contributed by atoms with Crippen LogP contribution in [0.4, 0.5) is 0 Å². The minimum atomic E-state index is 0.300. The monoisotopic (exact) mass is 334 g/mol. The van der Waals surface area contributed by atoms with Crippen molar-refractivity contribution in [2.75, 3.05) is 0 Å². The summed E-state index contributed by atoms with van der Waals surface area (Å²) in [5.41, 5.74) is 3.25. The van der Waals surface area contributed by atoms with Crippen LogP contribution in [0, 0.1) is 17.8 Å². The van der Waals surface area contributed by atoms with Crippen LogP contribution in [-0.4, -0.2) is 0 Å². The van der Waals surface area contributed by atoms with Crippen molar-refractivity contribution in [3.05, 3.63) is 35.4 Å². The van der Waals surface area contributed by atoms with Crippen molar-refractivity contribution in [2.45, 2.75) is 63.1 Å². The smallest absolute Gasteiger partial charge is 0.0429 e. The summed E-state index contributed by atoms with van der Waals surface area (Å²) in [7, 11) is 0. The van der Waals surface area contributed by atoms with Crippen molar-refractivity contribution in [3.63, 3.8) is 0 Å². The molecule has 0 aliphatic heterocycles. The molecule has 0 amide bonds. The van der Waals surface area contributed by atoms with E-state index >= 15 is 0 Å². The molecule has 0 nitrogen and oxygen atoms in total. The van der Waals surface area contributed by atoms with Crippen molar-refractivity contribution < 1.29 is 0 Å². The van der Waals surface area contributed by atoms with Gasteiger partial charge in [-0.3, -0.25) is 0 Å². The largest absolute Gasteiger partial charge is 0.0836 e. The van der Waals surface area contributed by atoms with Crippen LogP contribution >= 0.6 is 15.9 Å². The van der Waals surface area contributed by atoms with E-state index < -0.39 is 0 Å². The third kappa shape index (κ3) is 2.58. The Labute approximate surface area is 132 Å². The Morgan fingerprint density at radius 1 is 1.10 bits per heavy atom. The zero-order valence-corrected chi connectivity index (χ0v) is 14.6. The van der Waals surface area contributed by atoms with Crippen molar-refractivity contribution in [2.24, 2.45) is 17.8 Å². The van der Waals surface area contributed by atoms with E-state index in [4.69, 9.17) is 0 Å². The predicted molar refractivity (Wildman–Crippen MR) is 90.4 cm³/mol. The van der Waals surface area contributed by atoms with E-state index in [1.165, 1.54) is 43.2 Å². The van der Waals surface area contributed by atoms with Crippen LogP contribution in [0.25, 0.3) is 0 Å². The minimum absolute atomic E-state index is 0.300. The Balaban J connectivity index is 1.72. The molecule has 110 valence electrons. The van der Waals surface area contributed by atoms with Crippen LogP contribution in [0.15, 0.2) is 24.3 Å². The standard InChI is InChI=1S/C19H27Br/c1-4-19(2,3)14-11-9-13(10-12-14)18(20)17-15-7-5-6-8-16(15)17/h9-12,15-18H,4-8H2,1-3H3. The number of benzene rings is 1. The first-order chi connectivity index (χ1) is 9.54. The first kappa shape index (κ1) is 14.6. The average Bonchev–Trinajstić information content (AvgIpc) is 3.21. The number of hydrogen-bond donors (Lipinski definition) is 0. The lowest BCUT2D eigenvalue weighted by Gasteiger charge is -2.24. The minimum Gasteiger partial charge on any atom is -0.0836 e. The summed E-state index contributed by atoms with van der Waals surface area (Å²) < 4.78 is 0. The normalized spacial score (nSPS) is 30.7. The molecule has 0 radical (unpaired) electrons. The molecule has 2 aliphatic rings. The maximum atomic E-state index is 4.00. The van der Waals surface area contributed by atoms with Gasteiger partial charge in [-0.15, -0.1) is 0 Å². The SMILES string of the molecule is CCC(C)(C)c1ccc(C(Br)C2C3CCCCC32)cc1. The van der Waals surface area contributed by atoms with E-state index in [0.717, 1.165) is 17.8 Å². The van der Waals surface area contributed by atoms with Gasteiger partial charge in [0.15, 0.2) is 0 Å². The van der Waals surface area contributed by atoms with Crippen LogP contribution in [0.1, 0.15) is 68.8 Å². The van der Waals surface area contributed by atoms with E-state index in [1.54, 1.807) is 0 Å². The van der Waals surface area contributed by atoms with Gasteiger partial charge in [-0.25, -0.2) is 0 Å². The van der Waals surface area contributed by atoms with E-state index in [2.05, 4.69) is 61.0 Å². The van der Waals surface area contributed by atoms with Crippen LogP contribution in [0.5, 0.6) is 0 Å². The Bertz CT molecular complexity index is 447. The topological polar surface area (TPSA) is 0 Å². The molecule has 3 atom stereocenters. The van der Waals surface area contributed by atoms with Crippen molar-refractivity contribution in [1.82, 2.24) is 0 Å². The lowest BCUT2D eigenvalue weighted by molar-refractivity contribution is 0.480. The Kier molecular flexibility index (Phi) is 4.01. The molecule has 0 saturated heterocycles. The van der Waals surface area contributed by atoms with Crippen molar-refractivity contribution in [3.8, 4) is 0 Å². The van der Waals surface area contributed by atoms with Crippen LogP contribution in [0.3, 0.4) is 0 Å². The summed E-state index contributed by atoms with van der Waals surface area (Å²) >= 11 is 4.00. The fraction of sp³-hybridized carbons (Fsp3) is 0.684. The van der Waals surface area contributed by atoms with E-state index in [9.17, 15) is 0 Å². The molecule has 0 spiro atoms. The first-order valence-electron chi connectivity index (χ1n) is 8.29. The van der Waals surface area contributed by atoms with Crippen molar-refractivity contribution in [1.29, 1.82) is 0 Å². The van der Waals surface area contributed by atoms with Crippen LogP contribution in [-0.2, 0) is 5.41 Å². The molecule has 2 fully saturated rings. The molecule has 20 heavy (non-hydrogen) atoms. The van der Waals surface area contributed by atoms with Gasteiger partial charge >= 0.3 is 0 Å². The van der Waals surface area contributed by atoms with Gasteiger partial charge in [0.25, 0.3) is 0 Å². The van der Waals surface area contributed by atoms with Crippen LogP contribution in [0.2, 0.25) is 0 Å². The van der Waals surface area contributed by atoms with Gasteiger partial charge in [0.2, 0.25) is 0 Å². The Morgan fingerprint density at radius 3 is 2.15 bits per heavy atom. The highest BCUT2D eigenvalue weighted by Crippen LogP contribution is 2.62. The molecule has 2 aliphatic carbocycles. The summed E-state index contributed by atoms with van der Waals surface area (Å²) in [4.78, 5) is 0.578. The summed E-state index contributed by atoms with van der Waals surface area (Å²) in [5, 5.41) is 0. The molecule has 2 saturated carbocycles. The second kappa shape index (κ2) is 5.48. The maximum absolute atomic E-state index is 4.00. The summed E-state index contributed by atoms with van der Waals surface area (Å²) in [6.45, 7) is 6.95. The number of fused-ring (bicyclic) bond motifs is 1. The van der Waals surface area contributed by atoms with Crippen LogP contribution < -0.4 is 0 Å². The number of hydrogen-bond acceptors (Lipinski definition) is 0. The molecule has 3 rings (SSSR count). The number of halogens is 1. The molecule has 3 unspecified atom stereocenters. The average molecular weight is 335 g/mol.